The van der Waals surface area contributed by atoms with Gasteiger partial charge in [0.15, 0.2) is 0 Å². The Kier molecular flexibility index (Phi) is 7.80. The number of hydrogen-bond donors (Lipinski definition) is 0. The van der Waals surface area contributed by atoms with E-state index in [4.69, 9.17) is 4.74 Å². The molecule has 0 N–H and O–H groups in total. The number of halogens is 1. The average Bonchev–Trinajstić information content (AvgIpc) is 2.41. The third kappa shape index (κ3) is 6.10. The van der Waals surface area contributed by atoms with E-state index >= 15 is 0 Å². The van der Waals surface area contributed by atoms with Gasteiger partial charge in [-0.3, -0.25) is 10.1 Å². The Bertz CT molecular complexity index is 424. The minimum Gasteiger partial charge on any atom is -0.377 e. The highest BCUT2D eigenvalue weighted by Gasteiger charge is 2.13. The summed E-state index contributed by atoms with van der Waals surface area (Å²) in [6.07, 6.45) is 7.16. The van der Waals surface area contributed by atoms with Crippen LogP contribution in [-0.2, 0) is 11.3 Å². The number of nitro groups is 1. The molecule has 0 unspecified atom stereocenters. The van der Waals surface area contributed by atoms with Gasteiger partial charge in [-0.05, 0) is 24.1 Å². The highest BCUT2D eigenvalue weighted by atomic mass is 19.1. The number of hydrogen-bond acceptors (Lipinski definition) is 3. The second-order valence-electron chi connectivity index (χ2n) is 4.86. The van der Waals surface area contributed by atoms with Crippen LogP contribution in [0.3, 0.4) is 0 Å². The molecule has 5 heteroatoms. The molecule has 112 valence electrons. The smallest absolute Gasteiger partial charge is 0.304 e. The van der Waals surface area contributed by atoms with Crippen molar-refractivity contribution in [1.29, 1.82) is 0 Å². The maximum atomic E-state index is 13.4. The molecule has 0 aliphatic carbocycles. The van der Waals surface area contributed by atoms with Gasteiger partial charge in [0.1, 0.15) is 0 Å². The van der Waals surface area contributed by atoms with E-state index in [0.717, 1.165) is 12.8 Å². The molecule has 0 aliphatic heterocycles. The predicted octanol–water partition coefficient (Wildman–Crippen LogP) is 4.61. The summed E-state index contributed by atoms with van der Waals surface area (Å²) in [5.41, 5.74) is 0.128. The quantitative estimate of drug-likeness (QED) is 0.358. The molecule has 1 aromatic carbocycles. The van der Waals surface area contributed by atoms with E-state index in [0.29, 0.717) is 18.8 Å². The van der Waals surface area contributed by atoms with Crippen molar-refractivity contribution >= 4 is 5.69 Å². The van der Waals surface area contributed by atoms with Crippen molar-refractivity contribution in [1.82, 2.24) is 0 Å². The van der Waals surface area contributed by atoms with Gasteiger partial charge in [-0.25, -0.2) is 0 Å². The Morgan fingerprint density at radius 1 is 1.20 bits per heavy atom. The standard InChI is InChI=1S/C15H22FNO3/c1-2-3-4-5-6-7-10-20-12-13-8-9-15(17(18)19)14(16)11-13/h8-9,11H,2-7,10,12H2,1H3. The van der Waals surface area contributed by atoms with Gasteiger partial charge in [0.25, 0.3) is 0 Å². The van der Waals surface area contributed by atoms with Gasteiger partial charge in [-0.1, -0.05) is 39.0 Å². The zero-order chi connectivity index (χ0) is 14.8. The van der Waals surface area contributed by atoms with Crippen molar-refractivity contribution in [3.05, 3.63) is 39.7 Å². The van der Waals surface area contributed by atoms with Crippen LogP contribution < -0.4 is 0 Å². The minimum atomic E-state index is -0.810. The monoisotopic (exact) mass is 283 g/mol. The summed E-state index contributed by atoms with van der Waals surface area (Å²) in [7, 11) is 0. The molecule has 0 aliphatic rings. The number of unbranched alkanes of at least 4 members (excludes halogenated alkanes) is 5. The zero-order valence-electron chi connectivity index (χ0n) is 11.9. The third-order valence-electron chi connectivity index (χ3n) is 3.12. The van der Waals surface area contributed by atoms with Crippen molar-refractivity contribution in [3.8, 4) is 0 Å². The molecule has 0 radical (unpaired) electrons. The van der Waals surface area contributed by atoms with Crippen LogP contribution in [0.5, 0.6) is 0 Å². The molecule has 0 bridgehead atoms. The number of benzene rings is 1. The summed E-state index contributed by atoms with van der Waals surface area (Å²) in [4.78, 5) is 9.75. The Hall–Kier alpha value is -1.49. The first-order valence-corrected chi connectivity index (χ1v) is 7.15. The number of rotatable bonds is 10. The highest BCUT2D eigenvalue weighted by molar-refractivity contribution is 5.34. The SMILES string of the molecule is CCCCCCCCOCc1ccc([N+](=O)[O-])c(F)c1. The Balaban J connectivity index is 2.19. The molecule has 20 heavy (non-hydrogen) atoms. The first kappa shape index (κ1) is 16.6. The van der Waals surface area contributed by atoms with Crippen LogP contribution in [0.4, 0.5) is 10.1 Å². The van der Waals surface area contributed by atoms with E-state index in [9.17, 15) is 14.5 Å². The second kappa shape index (κ2) is 9.42. The normalized spacial score (nSPS) is 10.7. The molecule has 4 nitrogen and oxygen atoms in total. The topological polar surface area (TPSA) is 52.4 Å². The first-order valence-electron chi connectivity index (χ1n) is 7.15. The van der Waals surface area contributed by atoms with Crippen molar-refractivity contribution in [2.75, 3.05) is 6.61 Å². The predicted molar refractivity (Wildman–Crippen MR) is 76.1 cm³/mol. The van der Waals surface area contributed by atoms with Gasteiger partial charge in [-0.2, -0.15) is 4.39 Å². The molecule has 0 heterocycles. The van der Waals surface area contributed by atoms with Crippen LogP contribution in [0.25, 0.3) is 0 Å². The fourth-order valence-corrected chi connectivity index (χ4v) is 1.96. The Morgan fingerprint density at radius 3 is 2.55 bits per heavy atom. The Morgan fingerprint density at radius 2 is 1.90 bits per heavy atom. The zero-order valence-corrected chi connectivity index (χ0v) is 11.9. The number of ether oxygens (including phenoxy) is 1. The fourth-order valence-electron chi connectivity index (χ4n) is 1.96. The summed E-state index contributed by atoms with van der Waals surface area (Å²) in [6.45, 7) is 3.13. The van der Waals surface area contributed by atoms with Crippen LogP contribution in [0.2, 0.25) is 0 Å². The molecule has 0 amide bonds. The molecule has 1 rings (SSSR count). The van der Waals surface area contributed by atoms with E-state index in [1.807, 2.05) is 0 Å². The third-order valence-corrected chi connectivity index (χ3v) is 3.12. The summed E-state index contributed by atoms with van der Waals surface area (Å²) < 4.78 is 18.8. The van der Waals surface area contributed by atoms with Gasteiger partial charge in [0, 0.05) is 12.7 Å². The summed E-state index contributed by atoms with van der Waals surface area (Å²) in [5, 5.41) is 10.5. The molecule has 0 saturated carbocycles. The maximum absolute atomic E-state index is 13.4. The largest absolute Gasteiger partial charge is 0.377 e. The molecule has 0 aromatic heterocycles. The Labute approximate surface area is 119 Å². The van der Waals surface area contributed by atoms with Gasteiger partial charge < -0.3 is 4.74 Å². The van der Waals surface area contributed by atoms with Crippen LogP contribution in [-0.4, -0.2) is 11.5 Å². The minimum absolute atomic E-state index is 0.296. The second-order valence-corrected chi connectivity index (χ2v) is 4.86. The highest BCUT2D eigenvalue weighted by Crippen LogP contribution is 2.18. The molecule has 0 atom stereocenters. The van der Waals surface area contributed by atoms with E-state index in [1.54, 1.807) is 0 Å². The molecule has 0 spiro atoms. The van der Waals surface area contributed by atoms with Gasteiger partial charge in [0.05, 0.1) is 11.5 Å². The summed E-state index contributed by atoms with van der Waals surface area (Å²) in [6, 6.07) is 3.88. The van der Waals surface area contributed by atoms with Crippen molar-refractivity contribution < 1.29 is 14.1 Å². The molecule has 1 aromatic rings. The van der Waals surface area contributed by atoms with Crippen LogP contribution in [0, 0.1) is 15.9 Å². The van der Waals surface area contributed by atoms with Crippen molar-refractivity contribution in [3.63, 3.8) is 0 Å². The first-order chi connectivity index (χ1) is 9.65. The lowest BCUT2D eigenvalue weighted by molar-refractivity contribution is -0.387. The van der Waals surface area contributed by atoms with Crippen molar-refractivity contribution in [2.24, 2.45) is 0 Å². The van der Waals surface area contributed by atoms with E-state index in [1.165, 1.54) is 43.9 Å². The maximum Gasteiger partial charge on any atom is 0.304 e. The van der Waals surface area contributed by atoms with Crippen molar-refractivity contribution in [2.45, 2.75) is 52.1 Å². The number of nitro benzene ring substituents is 1. The van der Waals surface area contributed by atoms with Crippen LogP contribution in [0.15, 0.2) is 18.2 Å². The fraction of sp³-hybridized carbons (Fsp3) is 0.600. The van der Waals surface area contributed by atoms with E-state index in [2.05, 4.69) is 6.92 Å². The van der Waals surface area contributed by atoms with Gasteiger partial charge in [-0.15, -0.1) is 0 Å². The average molecular weight is 283 g/mol. The number of nitrogens with zero attached hydrogens (tertiary/aromatic N) is 1. The summed E-state index contributed by atoms with van der Waals surface area (Å²) in [5.74, 6) is -0.810. The van der Waals surface area contributed by atoms with Crippen LogP contribution in [0.1, 0.15) is 51.0 Å². The molecular formula is C15H22FNO3. The van der Waals surface area contributed by atoms with Gasteiger partial charge >= 0.3 is 5.69 Å². The van der Waals surface area contributed by atoms with E-state index in [-0.39, 0.29) is 0 Å². The molecule has 0 fully saturated rings. The molecular weight excluding hydrogens is 261 g/mol. The lowest BCUT2D eigenvalue weighted by Crippen LogP contribution is -1.98. The molecule has 0 saturated heterocycles. The summed E-state index contributed by atoms with van der Waals surface area (Å²) >= 11 is 0. The van der Waals surface area contributed by atoms with Crippen LogP contribution >= 0.6 is 0 Å². The lowest BCUT2D eigenvalue weighted by Gasteiger charge is -2.05. The van der Waals surface area contributed by atoms with E-state index < -0.39 is 16.4 Å². The van der Waals surface area contributed by atoms with Gasteiger partial charge in [0.2, 0.25) is 5.82 Å². The lowest BCUT2D eigenvalue weighted by atomic mass is 10.1.